The molecule has 0 atom stereocenters. The number of hydrogen-bond donors (Lipinski definition) is 0. The summed E-state index contributed by atoms with van der Waals surface area (Å²) >= 11 is 0. The third kappa shape index (κ3) is 3.80. The number of pyridine rings is 1. The first-order valence-corrected chi connectivity index (χ1v) is 9.28. The van der Waals surface area contributed by atoms with E-state index in [-0.39, 0.29) is 5.75 Å². The van der Waals surface area contributed by atoms with Crippen LogP contribution in [0.2, 0.25) is 0 Å². The molecule has 26 heavy (non-hydrogen) atoms. The molecule has 0 amide bonds. The number of anilines is 1. The van der Waals surface area contributed by atoms with Gasteiger partial charge in [-0.2, -0.15) is 4.98 Å². The van der Waals surface area contributed by atoms with Crippen molar-refractivity contribution < 1.29 is 13.5 Å². The van der Waals surface area contributed by atoms with E-state index >= 15 is 0 Å². The first-order valence-electron chi connectivity index (χ1n) is 9.28. The second-order valence-electron chi connectivity index (χ2n) is 6.97. The fraction of sp³-hybridized carbons (Fsp3) is 0.450. The zero-order valence-corrected chi connectivity index (χ0v) is 14.7. The van der Waals surface area contributed by atoms with Gasteiger partial charge in [-0.25, -0.2) is 8.78 Å². The van der Waals surface area contributed by atoms with Crippen molar-refractivity contribution in [1.82, 2.24) is 9.88 Å². The molecule has 1 aliphatic carbocycles. The molecule has 6 heteroatoms. The van der Waals surface area contributed by atoms with Crippen LogP contribution in [-0.2, 0) is 0 Å². The molecule has 138 valence electrons. The zero-order chi connectivity index (χ0) is 17.9. The van der Waals surface area contributed by atoms with Crippen molar-refractivity contribution in [2.45, 2.75) is 31.7 Å². The molecule has 1 saturated carbocycles. The minimum absolute atomic E-state index is 0.237. The van der Waals surface area contributed by atoms with E-state index in [1.807, 2.05) is 12.1 Å². The van der Waals surface area contributed by atoms with Gasteiger partial charge in [0.2, 0.25) is 5.88 Å². The van der Waals surface area contributed by atoms with Crippen molar-refractivity contribution in [3.05, 3.63) is 48.0 Å². The fourth-order valence-electron chi connectivity index (χ4n) is 3.58. The lowest BCUT2D eigenvalue weighted by atomic mass is 9.91. The number of hydrogen-bond acceptors (Lipinski definition) is 4. The van der Waals surface area contributed by atoms with Gasteiger partial charge in [0.05, 0.1) is 0 Å². The van der Waals surface area contributed by atoms with Crippen molar-refractivity contribution in [1.29, 1.82) is 0 Å². The van der Waals surface area contributed by atoms with Crippen LogP contribution in [0.5, 0.6) is 11.6 Å². The third-order valence-corrected chi connectivity index (χ3v) is 5.27. The number of nitrogens with zero attached hydrogens (tertiary/aromatic N) is 3. The van der Waals surface area contributed by atoms with Crippen LogP contribution >= 0.6 is 0 Å². The lowest BCUT2D eigenvalue weighted by Gasteiger charge is -2.36. The molecule has 0 spiro atoms. The van der Waals surface area contributed by atoms with Gasteiger partial charge in [-0.05, 0) is 37.5 Å². The van der Waals surface area contributed by atoms with Gasteiger partial charge in [0.1, 0.15) is 11.6 Å². The molecule has 4 rings (SSSR count). The summed E-state index contributed by atoms with van der Waals surface area (Å²) < 4.78 is 32.0. The summed E-state index contributed by atoms with van der Waals surface area (Å²) in [4.78, 5) is 9.44. The van der Waals surface area contributed by atoms with Crippen molar-refractivity contribution >= 4 is 5.82 Å². The molecule has 4 nitrogen and oxygen atoms in total. The predicted octanol–water partition coefficient (Wildman–Crippen LogP) is 4.22. The van der Waals surface area contributed by atoms with Gasteiger partial charge in [0, 0.05) is 44.4 Å². The summed E-state index contributed by atoms with van der Waals surface area (Å²) in [6.07, 6.45) is 5.13. The average molecular weight is 359 g/mol. The Hall–Kier alpha value is -2.21. The number of halogens is 2. The Balaban J connectivity index is 1.44. The van der Waals surface area contributed by atoms with E-state index < -0.39 is 11.6 Å². The Kier molecular flexibility index (Phi) is 5.02. The fourth-order valence-corrected chi connectivity index (χ4v) is 3.58. The van der Waals surface area contributed by atoms with E-state index in [2.05, 4.69) is 14.8 Å². The van der Waals surface area contributed by atoms with Crippen LogP contribution in [0.3, 0.4) is 0 Å². The maximum Gasteiger partial charge on any atom is 0.221 e. The molecule has 1 saturated heterocycles. The second kappa shape index (κ2) is 7.58. The van der Waals surface area contributed by atoms with Crippen molar-refractivity contribution in [3.8, 4) is 11.6 Å². The van der Waals surface area contributed by atoms with Gasteiger partial charge in [-0.3, -0.25) is 4.90 Å². The van der Waals surface area contributed by atoms with Gasteiger partial charge in [-0.15, -0.1) is 0 Å². The lowest BCUT2D eigenvalue weighted by molar-refractivity contribution is 0.136. The van der Waals surface area contributed by atoms with Crippen molar-refractivity contribution in [3.63, 3.8) is 0 Å². The van der Waals surface area contributed by atoms with Gasteiger partial charge >= 0.3 is 0 Å². The summed E-state index contributed by atoms with van der Waals surface area (Å²) in [7, 11) is 0. The Morgan fingerprint density at radius 1 is 0.923 bits per heavy atom. The lowest BCUT2D eigenvalue weighted by Crippen LogP contribution is -2.42. The molecule has 0 N–H and O–H groups in total. The number of ether oxygens (including phenoxy) is 1. The number of aromatic nitrogens is 1. The second-order valence-corrected chi connectivity index (χ2v) is 6.97. The Morgan fingerprint density at radius 3 is 2.58 bits per heavy atom. The SMILES string of the molecule is Fc1ccc(Oc2cccc(N3CCCN(C4CCC4)CC3)n2)cc1F. The van der Waals surface area contributed by atoms with Gasteiger partial charge < -0.3 is 9.64 Å². The van der Waals surface area contributed by atoms with Gasteiger partial charge in [0.15, 0.2) is 11.6 Å². The van der Waals surface area contributed by atoms with Crippen LogP contribution in [0.15, 0.2) is 36.4 Å². The zero-order valence-electron chi connectivity index (χ0n) is 14.7. The maximum absolute atomic E-state index is 13.3. The van der Waals surface area contributed by atoms with Crippen LogP contribution in [0.25, 0.3) is 0 Å². The summed E-state index contributed by atoms with van der Waals surface area (Å²) in [6.45, 7) is 4.11. The largest absolute Gasteiger partial charge is 0.439 e. The molecular formula is C20H23F2N3O. The quantitative estimate of drug-likeness (QED) is 0.817. The molecular weight excluding hydrogens is 336 g/mol. The van der Waals surface area contributed by atoms with E-state index in [1.165, 1.54) is 25.3 Å². The Bertz CT molecular complexity index is 766. The topological polar surface area (TPSA) is 28.6 Å². The van der Waals surface area contributed by atoms with Crippen LogP contribution in [0.1, 0.15) is 25.7 Å². The van der Waals surface area contributed by atoms with E-state index in [0.717, 1.165) is 56.6 Å². The highest BCUT2D eigenvalue weighted by molar-refractivity contribution is 5.42. The molecule has 1 aromatic heterocycles. The highest BCUT2D eigenvalue weighted by Crippen LogP contribution is 2.27. The first-order chi connectivity index (χ1) is 12.7. The van der Waals surface area contributed by atoms with Gasteiger partial charge in [0.25, 0.3) is 0 Å². The minimum Gasteiger partial charge on any atom is -0.439 e. The van der Waals surface area contributed by atoms with Gasteiger partial charge in [-0.1, -0.05) is 12.5 Å². The first kappa shape index (κ1) is 17.2. The highest BCUT2D eigenvalue weighted by atomic mass is 19.2. The van der Waals surface area contributed by atoms with E-state index in [1.54, 1.807) is 6.07 Å². The maximum atomic E-state index is 13.3. The van der Waals surface area contributed by atoms with E-state index in [9.17, 15) is 8.78 Å². The molecule has 2 aliphatic rings. The third-order valence-electron chi connectivity index (χ3n) is 5.27. The Morgan fingerprint density at radius 2 is 1.81 bits per heavy atom. The Labute approximate surface area is 152 Å². The highest BCUT2D eigenvalue weighted by Gasteiger charge is 2.26. The molecule has 0 bridgehead atoms. The van der Waals surface area contributed by atoms with Crippen LogP contribution in [0, 0.1) is 11.6 Å². The summed E-state index contributed by atoms with van der Waals surface area (Å²) in [5, 5.41) is 0. The summed E-state index contributed by atoms with van der Waals surface area (Å²) in [5.41, 5.74) is 0. The van der Waals surface area contributed by atoms with Crippen molar-refractivity contribution in [2.75, 3.05) is 31.1 Å². The average Bonchev–Trinajstić information content (AvgIpc) is 2.83. The smallest absolute Gasteiger partial charge is 0.221 e. The normalized spacial score (nSPS) is 19.1. The number of benzene rings is 1. The van der Waals surface area contributed by atoms with Crippen LogP contribution in [-0.4, -0.2) is 42.1 Å². The molecule has 0 radical (unpaired) electrons. The summed E-state index contributed by atoms with van der Waals surface area (Å²) in [6, 6.07) is 9.83. The molecule has 2 heterocycles. The van der Waals surface area contributed by atoms with Crippen LogP contribution in [0.4, 0.5) is 14.6 Å². The van der Waals surface area contributed by atoms with E-state index in [4.69, 9.17) is 4.74 Å². The molecule has 0 unspecified atom stereocenters. The molecule has 1 aromatic carbocycles. The van der Waals surface area contributed by atoms with E-state index in [0.29, 0.717) is 5.88 Å². The molecule has 2 fully saturated rings. The minimum atomic E-state index is -0.928. The van der Waals surface area contributed by atoms with Crippen LogP contribution < -0.4 is 9.64 Å². The standard InChI is InChI=1S/C20H23F2N3O/c21-17-9-8-16(14-18(17)22)26-20-7-2-6-19(23-20)25-11-3-10-24(12-13-25)15-4-1-5-15/h2,6-9,14-15H,1,3-5,10-13H2. The monoisotopic (exact) mass is 359 g/mol. The summed E-state index contributed by atoms with van der Waals surface area (Å²) in [5.74, 6) is -0.336. The number of rotatable bonds is 4. The predicted molar refractivity (Wildman–Crippen MR) is 96.7 cm³/mol. The van der Waals surface area contributed by atoms with Crippen molar-refractivity contribution in [2.24, 2.45) is 0 Å². The molecule has 2 aromatic rings. The molecule has 1 aliphatic heterocycles.